The summed E-state index contributed by atoms with van der Waals surface area (Å²) in [5, 5.41) is 17.0. The number of hydrogen-bond acceptors (Lipinski definition) is 7. The molecule has 31 heavy (non-hydrogen) atoms. The highest BCUT2D eigenvalue weighted by molar-refractivity contribution is 7.09. The Kier molecular flexibility index (Phi) is 6.13. The Morgan fingerprint density at radius 2 is 2.13 bits per heavy atom. The number of nitrogens with zero attached hydrogens (tertiary/aromatic N) is 5. The van der Waals surface area contributed by atoms with Crippen LogP contribution in [-0.2, 0) is 11.4 Å². The molecule has 0 spiro atoms. The molecule has 0 saturated heterocycles. The molecule has 0 aliphatic rings. The van der Waals surface area contributed by atoms with Gasteiger partial charge in [-0.15, -0.1) is 16.4 Å². The topological polar surface area (TPSA) is 94.8 Å². The van der Waals surface area contributed by atoms with Gasteiger partial charge < -0.3 is 10.1 Å². The van der Waals surface area contributed by atoms with Crippen LogP contribution >= 0.6 is 11.3 Å². The Morgan fingerprint density at radius 1 is 1.23 bits per heavy atom. The monoisotopic (exact) mass is 432 g/mol. The molecule has 0 aliphatic heterocycles. The number of nitrogens with one attached hydrogen (secondary N) is 1. The van der Waals surface area contributed by atoms with Crippen molar-refractivity contribution >= 4 is 29.0 Å². The van der Waals surface area contributed by atoms with Crippen molar-refractivity contribution in [2.45, 2.75) is 20.5 Å². The van der Waals surface area contributed by atoms with Crippen LogP contribution in [0.3, 0.4) is 0 Å². The minimum absolute atomic E-state index is 0.223. The van der Waals surface area contributed by atoms with E-state index in [1.54, 1.807) is 22.1 Å². The van der Waals surface area contributed by atoms with Crippen molar-refractivity contribution in [2.24, 2.45) is 0 Å². The number of carbonyl (C=O) groups excluding carboxylic acids is 1. The lowest BCUT2D eigenvalue weighted by Crippen LogP contribution is -2.08. The number of anilines is 1. The third kappa shape index (κ3) is 5.40. The molecule has 0 unspecified atom stereocenters. The summed E-state index contributed by atoms with van der Waals surface area (Å²) >= 11 is 1.60. The summed E-state index contributed by atoms with van der Waals surface area (Å²) < 4.78 is 7.37. The second-order valence-corrected chi connectivity index (χ2v) is 7.86. The molecule has 156 valence electrons. The summed E-state index contributed by atoms with van der Waals surface area (Å²) in [6.07, 6.45) is 4.77. The maximum Gasteiger partial charge on any atom is 0.248 e. The number of ether oxygens (including phenoxy) is 1. The molecule has 0 saturated carbocycles. The van der Waals surface area contributed by atoms with Crippen molar-refractivity contribution in [3.05, 3.63) is 82.1 Å². The number of aromatic nitrogens is 5. The fourth-order valence-electron chi connectivity index (χ4n) is 2.96. The van der Waals surface area contributed by atoms with Gasteiger partial charge in [0.1, 0.15) is 18.7 Å². The summed E-state index contributed by atoms with van der Waals surface area (Å²) in [4.78, 5) is 16.7. The van der Waals surface area contributed by atoms with Gasteiger partial charge in [-0.05, 0) is 71.8 Å². The van der Waals surface area contributed by atoms with Crippen molar-refractivity contribution in [3.63, 3.8) is 0 Å². The van der Waals surface area contributed by atoms with Crippen LogP contribution in [-0.4, -0.2) is 31.1 Å². The Morgan fingerprint density at radius 3 is 2.87 bits per heavy atom. The van der Waals surface area contributed by atoms with Gasteiger partial charge in [-0.2, -0.15) is 0 Å². The van der Waals surface area contributed by atoms with E-state index >= 15 is 0 Å². The van der Waals surface area contributed by atoms with Gasteiger partial charge in [-0.3, -0.25) is 4.79 Å². The first kappa shape index (κ1) is 20.4. The number of thiazole rings is 1. The van der Waals surface area contributed by atoms with Crippen LogP contribution in [0.2, 0.25) is 0 Å². The third-order valence-corrected chi connectivity index (χ3v) is 5.22. The molecular weight excluding hydrogens is 412 g/mol. The minimum atomic E-state index is -0.223. The van der Waals surface area contributed by atoms with Gasteiger partial charge in [0.15, 0.2) is 0 Å². The van der Waals surface area contributed by atoms with Crippen molar-refractivity contribution in [2.75, 3.05) is 5.32 Å². The van der Waals surface area contributed by atoms with Crippen LogP contribution in [0.1, 0.15) is 21.8 Å². The molecule has 0 fully saturated rings. The molecule has 0 bridgehead atoms. The zero-order valence-electron chi connectivity index (χ0n) is 17.0. The van der Waals surface area contributed by atoms with Crippen LogP contribution in [0.5, 0.6) is 5.75 Å². The van der Waals surface area contributed by atoms with Gasteiger partial charge in [0.05, 0.1) is 16.4 Å². The van der Waals surface area contributed by atoms with Gasteiger partial charge in [-0.25, -0.2) is 9.67 Å². The highest BCUT2D eigenvalue weighted by Crippen LogP contribution is 2.19. The lowest BCUT2D eigenvalue weighted by molar-refractivity contribution is -0.111. The second-order valence-electron chi connectivity index (χ2n) is 6.80. The number of rotatable bonds is 7. The Balaban J connectivity index is 1.36. The molecule has 0 radical (unpaired) electrons. The Labute approximate surface area is 183 Å². The highest BCUT2D eigenvalue weighted by Gasteiger charge is 2.05. The first-order valence-electron chi connectivity index (χ1n) is 9.54. The summed E-state index contributed by atoms with van der Waals surface area (Å²) in [5.41, 5.74) is 4.26. The lowest BCUT2D eigenvalue weighted by atomic mass is 10.1. The van der Waals surface area contributed by atoms with Gasteiger partial charge in [0.2, 0.25) is 5.91 Å². The molecule has 4 rings (SSSR count). The van der Waals surface area contributed by atoms with E-state index in [2.05, 4.69) is 25.8 Å². The zero-order valence-corrected chi connectivity index (χ0v) is 17.8. The third-order valence-electron chi connectivity index (χ3n) is 4.40. The van der Waals surface area contributed by atoms with E-state index in [0.717, 1.165) is 33.3 Å². The van der Waals surface area contributed by atoms with Gasteiger partial charge in [0, 0.05) is 17.1 Å². The second kappa shape index (κ2) is 9.31. The normalized spacial score (nSPS) is 11.0. The first-order valence-corrected chi connectivity index (χ1v) is 10.4. The molecule has 1 amide bonds. The SMILES string of the molecule is Cc1nc(COc2cccc(/C=C/C(=O)Nc3ccc(-n4cnnn4)c(C)c3)c2)cs1. The summed E-state index contributed by atoms with van der Waals surface area (Å²) in [6, 6.07) is 13.1. The van der Waals surface area contributed by atoms with Crippen molar-refractivity contribution < 1.29 is 9.53 Å². The molecule has 8 nitrogen and oxygen atoms in total. The molecule has 0 atom stereocenters. The molecule has 1 N–H and O–H groups in total. The molecule has 2 aromatic heterocycles. The predicted molar refractivity (Wildman–Crippen MR) is 119 cm³/mol. The molecule has 2 heterocycles. The number of aryl methyl sites for hydroxylation is 2. The maximum atomic E-state index is 12.3. The van der Waals surface area contributed by atoms with E-state index in [1.807, 2.05) is 61.7 Å². The highest BCUT2D eigenvalue weighted by atomic mass is 32.1. The minimum Gasteiger partial charge on any atom is -0.487 e. The van der Waals surface area contributed by atoms with Crippen LogP contribution in [0.25, 0.3) is 11.8 Å². The average Bonchev–Trinajstić information content (AvgIpc) is 3.43. The van der Waals surface area contributed by atoms with Crippen LogP contribution < -0.4 is 10.1 Å². The van der Waals surface area contributed by atoms with Gasteiger partial charge in [-0.1, -0.05) is 12.1 Å². The van der Waals surface area contributed by atoms with Crippen molar-refractivity contribution in [3.8, 4) is 11.4 Å². The zero-order chi connectivity index (χ0) is 21.6. The Hall–Kier alpha value is -3.85. The lowest BCUT2D eigenvalue weighted by Gasteiger charge is -2.08. The first-order chi connectivity index (χ1) is 15.1. The standard InChI is InChI=1S/C22H20N6O2S/c1-15-10-18(7-8-21(15)28-14-23-26-27-28)25-22(29)9-6-17-4-3-5-20(11-17)30-12-19-13-31-16(2)24-19/h3-11,13-14H,12H2,1-2H3,(H,25,29)/b9-6+. The van der Waals surface area contributed by atoms with E-state index in [0.29, 0.717) is 12.3 Å². The van der Waals surface area contributed by atoms with E-state index in [1.165, 1.54) is 12.4 Å². The van der Waals surface area contributed by atoms with Crippen molar-refractivity contribution in [1.82, 2.24) is 25.2 Å². The van der Waals surface area contributed by atoms with Gasteiger partial charge >= 0.3 is 0 Å². The molecule has 2 aromatic carbocycles. The van der Waals surface area contributed by atoms with E-state index in [9.17, 15) is 4.79 Å². The van der Waals surface area contributed by atoms with E-state index in [-0.39, 0.29) is 5.91 Å². The number of tetrazole rings is 1. The number of benzene rings is 2. The Bertz CT molecular complexity index is 1220. The predicted octanol–water partition coefficient (Wildman–Crippen LogP) is 3.97. The van der Waals surface area contributed by atoms with Crippen molar-refractivity contribution in [1.29, 1.82) is 0 Å². The summed E-state index contributed by atoms with van der Waals surface area (Å²) in [6.45, 7) is 4.31. The summed E-state index contributed by atoms with van der Waals surface area (Å²) in [7, 11) is 0. The average molecular weight is 433 g/mol. The van der Waals surface area contributed by atoms with Gasteiger partial charge in [0.25, 0.3) is 0 Å². The quantitative estimate of drug-likeness (QED) is 0.444. The molecule has 4 aromatic rings. The maximum absolute atomic E-state index is 12.3. The van der Waals surface area contributed by atoms with E-state index in [4.69, 9.17) is 4.74 Å². The largest absolute Gasteiger partial charge is 0.487 e. The fourth-order valence-corrected chi connectivity index (χ4v) is 3.55. The van der Waals surface area contributed by atoms with Crippen LogP contribution in [0, 0.1) is 13.8 Å². The number of carbonyl (C=O) groups is 1. The van der Waals surface area contributed by atoms with Crippen LogP contribution in [0.4, 0.5) is 5.69 Å². The number of amides is 1. The fraction of sp³-hybridized carbons (Fsp3) is 0.136. The molecule has 0 aliphatic carbocycles. The smallest absolute Gasteiger partial charge is 0.248 e. The van der Waals surface area contributed by atoms with Crippen LogP contribution in [0.15, 0.2) is 60.2 Å². The molecule has 9 heteroatoms. The van der Waals surface area contributed by atoms with E-state index < -0.39 is 0 Å². The number of hydrogen-bond donors (Lipinski definition) is 1. The summed E-state index contributed by atoms with van der Waals surface area (Å²) in [5.74, 6) is 0.501. The molecular formula is C22H20N6O2S.